The molecule has 0 radical (unpaired) electrons. The number of rotatable bonds is 1. The van der Waals surface area contributed by atoms with Crippen LogP contribution in [0.1, 0.15) is 21.7 Å². The molecule has 0 aliphatic rings. The summed E-state index contributed by atoms with van der Waals surface area (Å²) in [5.74, 6) is 0. The van der Waals surface area contributed by atoms with E-state index in [0.717, 1.165) is 10.9 Å². The SMILES string of the molecule is Cc1coc2c(C#N)nc(C=O)cc12. The van der Waals surface area contributed by atoms with Gasteiger partial charge in [-0.05, 0) is 18.6 Å². The highest BCUT2D eigenvalue weighted by atomic mass is 16.3. The molecule has 2 heterocycles. The predicted octanol–water partition coefficient (Wildman–Crippen LogP) is 1.82. The molecule has 0 aromatic carbocycles. The van der Waals surface area contributed by atoms with E-state index in [-0.39, 0.29) is 11.4 Å². The van der Waals surface area contributed by atoms with E-state index in [0.29, 0.717) is 11.9 Å². The van der Waals surface area contributed by atoms with Crippen molar-refractivity contribution in [2.24, 2.45) is 0 Å². The number of aryl methyl sites for hydroxylation is 1. The highest BCUT2D eigenvalue weighted by Gasteiger charge is 2.10. The Hall–Kier alpha value is -2.15. The quantitative estimate of drug-likeness (QED) is 0.637. The van der Waals surface area contributed by atoms with Crippen LogP contribution in [0.3, 0.4) is 0 Å². The van der Waals surface area contributed by atoms with Crippen molar-refractivity contribution in [3.63, 3.8) is 0 Å². The maximum absolute atomic E-state index is 10.5. The Morgan fingerprint density at radius 1 is 1.64 bits per heavy atom. The number of fused-ring (bicyclic) bond motifs is 1. The minimum atomic E-state index is 0.151. The van der Waals surface area contributed by atoms with Gasteiger partial charge >= 0.3 is 0 Å². The van der Waals surface area contributed by atoms with E-state index in [2.05, 4.69) is 4.98 Å². The maximum Gasteiger partial charge on any atom is 0.184 e. The number of nitrogens with zero attached hydrogens (tertiary/aromatic N) is 2. The molecule has 68 valence electrons. The highest BCUT2D eigenvalue weighted by molar-refractivity contribution is 5.89. The van der Waals surface area contributed by atoms with E-state index in [1.807, 2.05) is 13.0 Å². The number of carbonyl (C=O) groups is 1. The zero-order valence-corrected chi connectivity index (χ0v) is 7.44. The van der Waals surface area contributed by atoms with Crippen LogP contribution >= 0.6 is 0 Å². The van der Waals surface area contributed by atoms with E-state index in [1.165, 1.54) is 0 Å². The van der Waals surface area contributed by atoms with Gasteiger partial charge in [0.05, 0.1) is 6.26 Å². The van der Waals surface area contributed by atoms with Crippen molar-refractivity contribution in [1.82, 2.24) is 4.98 Å². The molecule has 0 saturated heterocycles. The van der Waals surface area contributed by atoms with E-state index >= 15 is 0 Å². The summed E-state index contributed by atoms with van der Waals surface area (Å²) in [5.41, 5.74) is 1.73. The highest BCUT2D eigenvalue weighted by Crippen LogP contribution is 2.22. The molecule has 0 aliphatic carbocycles. The average molecular weight is 186 g/mol. The van der Waals surface area contributed by atoms with Crippen molar-refractivity contribution >= 4 is 17.3 Å². The number of nitriles is 1. The van der Waals surface area contributed by atoms with Crippen LogP contribution in [0, 0.1) is 18.3 Å². The molecule has 2 rings (SSSR count). The van der Waals surface area contributed by atoms with E-state index in [4.69, 9.17) is 9.68 Å². The standard InChI is InChI=1S/C10H6N2O2/c1-6-5-14-10-8(6)2-7(4-13)12-9(10)3-11/h2,4-5H,1H3. The molecule has 0 unspecified atom stereocenters. The maximum atomic E-state index is 10.5. The Kier molecular flexibility index (Phi) is 1.79. The first-order valence-electron chi connectivity index (χ1n) is 4.00. The fourth-order valence-corrected chi connectivity index (χ4v) is 1.31. The Morgan fingerprint density at radius 2 is 2.43 bits per heavy atom. The van der Waals surface area contributed by atoms with Crippen LogP contribution in [0.2, 0.25) is 0 Å². The summed E-state index contributed by atoms with van der Waals surface area (Å²) in [6.07, 6.45) is 2.16. The number of hydrogen-bond acceptors (Lipinski definition) is 4. The van der Waals surface area contributed by atoms with Crippen LogP contribution in [-0.2, 0) is 0 Å². The summed E-state index contributed by atoms with van der Waals surface area (Å²) in [4.78, 5) is 14.4. The van der Waals surface area contributed by atoms with Crippen LogP contribution in [0.5, 0.6) is 0 Å². The van der Waals surface area contributed by atoms with E-state index in [1.54, 1.807) is 12.3 Å². The van der Waals surface area contributed by atoms with Crippen molar-refractivity contribution in [3.05, 3.63) is 29.3 Å². The minimum absolute atomic E-state index is 0.151. The molecule has 0 atom stereocenters. The lowest BCUT2D eigenvalue weighted by molar-refractivity contribution is 0.111. The van der Waals surface area contributed by atoms with Crippen LogP contribution in [0.15, 0.2) is 16.7 Å². The minimum Gasteiger partial charge on any atom is -0.461 e. The number of aldehydes is 1. The Labute approximate surface area is 79.8 Å². The smallest absolute Gasteiger partial charge is 0.184 e. The first-order chi connectivity index (χ1) is 6.76. The summed E-state index contributed by atoms with van der Waals surface area (Å²) >= 11 is 0. The van der Waals surface area contributed by atoms with Gasteiger partial charge in [0, 0.05) is 5.39 Å². The third-order valence-electron chi connectivity index (χ3n) is 2.00. The number of furan rings is 1. The number of pyridine rings is 1. The summed E-state index contributed by atoms with van der Waals surface area (Å²) in [5, 5.41) is 9.54. The summed E-state index contributed by atoms with van der Waals surface area (Å²) in [6, 6.07) is 3.51. The molecule has 4 heteroatoms. The molecule has 2 aromatic heterocycles. The molecule has 14 heavy (non-hydrogen) atoms. The van der Waals surface area contributed by atoms with Gasteiger partial charge in [0.1, 0.15) is 11.8 Å². The van der Waals surface area contributed by atoms with Gasteiger partial charge in [-0.1, -0.05) is 0 Å². The van der Waals surface area contributed by atoms with Crippen LogP contribution in [0.25, 0.3) is 11.0 Å². The van der Waals surface area contributed by atoms with Gasteiger partial charge in [-0.25, -0.2) is 4.98 Å². The number of hydrogen-bond donors (Lipinski definition) is 0. The largest absolute Gasteiger partial charge is 0.461 e. The first kappa shape index (κ1) is 8.45. The summed E-state index contributed by atoms with van der Waals surface area (Å²) in [6.45, 7) is 1.85. The second-order valence-corrected chi connectivity index (χ2v) is 2.92. The molecule has 0 aliphatic heterocycles. The van der Waals surface area contributed by atoms with E-state index in [9.17, 15) is 4.79 Å². The lowest BCUT2D eigenvalue weighted by Gasteiger charge is -1.94. The van der Waals surface area contributed by atoms with Crippen molar-refractivity contribution in [1.29, 1.82) is 5.26 Å². The Morgan fingerprint density at radius 3 is 3.07 bits per heavy atom. The zero-order valence-electron chi connectivity index (χ0n) is 7.44. The van der Waals surface area contributed by atoms with Gasteiger partial charge < -0.3 is 4.42 Å². The van der Waals surface area contributed by atoms with Gasteiger partial charge in [0.15, 0.2) is 17.6 Å². The normalized spacial score (nSPS) is 10.0. The van der Waals surface area contributed by atoms with Gasteiger partial charge in [-0.3, -0.25) is 4.79 Å². The average Bonchev–Trinajstić information content (AvgIpc) is 2.59. The topological polar surface area (TPSA) is 66.9 Å². The third kappa shape index (κ3) is 1.07. The molecule has 0 amide bonds. The van der Waals surface area contributed by atoms with E-state index < -0.39 is 0 Å². The lowest BCUT2D eigenvalue weighted by Crippen LogP contribution is -1.91. The van der Waals surface area contributed by atoms with Gasteiger partial charge in [-0.15, -0.1) is 0 Å². The molecule has 0 bridgehead atoms. The van der Waals surface area contributed by atoms with Crippen LogP contribution < -0.4 is 0 Å². The fraction of sp³-hybridized carbons (Fsp3) is 0.100. The van der Waals surface area contributed by atoms with Gasteiger partial charge in [-0.2, -0.15) is 5.26 Å². The number of aromatic nitrogens is 1. The summed E-state index contributed by atoms with van der Waals surface area (Å²) < 4.78 is 5.17. The second kappa shape index (κ2) is 2.96. The monoisotopic (exact) mass is 186 g/mol. The molecular formula is C10H6N2O2. The Balaban J connectivity index is 2.91. The van der Waals surface area contributed by atoms with Crippen LogP contribution in [-0.4, -0.2) is 11.3 Å². The molecule has 0 fully saturated rings. The molecule has 4 nitrogen and oxygen atoms in total. The molecule has 0 saturated carbocycles. The van der Waals surface area contributed by atoms with Crippen LogP contribution in [0.4, 0.5) is 0 Å². The first-order valence-corrected chi connectivity index (χ1v) is 4.00. The van der Waals surface area contributed by atoms with Gasteiger partial charge in [0.2, 0.25) is 0 Å². The molecular weight excluding hydrogens is 180 g/mol. The Bertz CT molecular complexity index is 549. The number of carbonyl (C=O) groups excluding carboxylic acids is 1. The van der Waals surface area contributed by atoms with Crippen molar-refractivity contribution in [3.8, 4) is 6.07 Å². The second-order valence-electron chi connectivity index (χ2n) is 2.92. The molecule has 0 spiro atoms. The third-order valence-corrected chi connectivity index (χ3v) is 2.00. The van der Waals surface area contributed by atoms with Crippen molar-refractivity contribution in [2.75, 3.05) is 0 Å². The molecule has 0 N–H and O–H groups in total. The molecule has 2 aromatic rings. The fourth-order valence-electron chi connectivity index (χ4n) is 1.31. The zero-order chi connectivity index (χ0) is 10.1. The van der Waals surface area contributed by atoms with Crippen molar-refractivity contribution in [2.45, 2.75) is 6.92 Å². The van der Waals surface area contributed by atoms with Gasteiger partial charge in [0.25, 0.3) is 0 Å². The predicted molar refractivity (Wildman–Crippen MR) is 48.8 cm³/mol. The van der Waals surface area contributed by atoms with Crippen molar-refractivity contribution < 1.29 is 9.21 Å². The lowest BCUT2D eigenvalue weighted by atomic mass is 10.2. The summed E-state index contributed by atoms with van der Waals surface area (Å²) in [7, 11) is 0.